The van der Waals surface area contributed by atoms with E-state index in [0.717, 1.165) is 27.7 Å². The van der Waals surface area contributed by atoms with E-state index in [9.17, 15) is 4.79 Å². The van der Waals surface area contributed by atoms with E-state index >= 15 is 0 Å². The SMILES string of the molecule is Cc1ccc2nc(C)cc(C(=O)N3CCOC(C)C3)c2c1. The van der Waals surface area contributed by atoms with Crippen LogP contribution in [-0.4, -0.2) is 41.6 Å². The second-order valence-corrected chi connectivity index (χ2v) is 5.76. The molecule has 0 spiro atoms. The van der Waals surface area contributed by atoms with Gasteiger partial charge in [-0.05, 0) is 39.0 Å². The van der Waals surface area contributed by atoms with Gasteiger partial charge in [0, 0.05) is 24.2 Å². The number of carbonyl (C=O) groups is 1. The van der Waals surface area contributed by atoms with Crippen molar-refractivity contribution in [1.29, 1.82) is 0 Å². The van der Waals surface area contributed by atoms with Crippen LogP contribution in [0.2, 0.25) is 0 Å². The summed E-state index contributed by atoms with van der Waals surface area (Å²) in [5.74, 6) is 0.0752. The molecular weight excluding hydrogens is 264 g/mol. The van der Waals surface area contributed by atoms with Crippen LogP contribution >= 0.6 is 0 Å². The number of amides is 1. The molecule has 4 nitrogen and oxygen atoms in total. The van der Waals surface area contributed by atoms with Crippen molar-refractivity contribution in [3.8, 4) is 0 Å². The Hall–Kier alpha value is -1.94. The Bertz CT molecular complexity index is 696. The summed E-state index contributed by atoms with van der Waals surface area (Å²) in [6.07, 6.45) is 0.0960. The highest BCUT2D eigenvalue weighted by atomic mass is 16.5. The summed E-state index contributed by atoms with van der Waals surface area (Å²) in [7, 11) is 0. The molecule has 2 heterocycles. The van der Waals surface area contributed by atoms with Gasteiger partial charge in [-0.2, -0.15) is 0 Å². The number of ether oxygens (including phenoxy) is 1. The second kappa shape index (κ2) is 5.45. The number of hydrogen-bond donors (Lipinski definition) is 0. The van der Waals surface area contributed by atoms with Gasteiger partial charge in [0.2, 0.25) is 0 Å². The summed E-state index contributed by atoms with van der Waals surface area (Å²) >= 11 is 0. The van der Waals surface area contributed by atoms with Gasteiger partial charge in [-0.15, -0.1) is 0 Å². The maximum atomic E-state index is 12.9. The Morgan fingerprint density at radius 3 is 2.90 bits per heavy atom. The molecule has 4 heteroatoms. The van der Waals surface area contributed by atoms with Gasteiger partial charge in [-0.3, -0.25) is 9.78 Å². The smallest absolute Gasteiger partial charge is 0.254 e. The van der Waals surface area contributed by atoms with Gasteiger partial charge in [0.05, 0.1) is 23.8 Å². The summed E-state index contributed by atoms with van der Waals surface area (Å²) in [6.45, 7) is 7.86. The zero-order valence-electron chi connectivity index (χ0n) is 12.7. The number of aryl methyl sites for hydroxylation is 2. The fraction of sp³-hybridized carbons (Fsp3) is 0.412. The number of pyridine rings is 1. The van der Waals surface area contributed by atoms with Crippen molar-refractivity contribution in [2.45, 2.75) is 26.9 Å². The molecule has 1 atom stereocenters. The molecule has 2 aromatic rings. The van der Waals surface area contributed by atoms with Gasteiger partial charge < -0.3 is 9.64 Å². The van der Waals surface area contributed by atoms with E-state index in [1.807, 2.05) is 49.9 Å². The maximum absolute atomic E-state index is 12.9. The molecule has 1 amide bonds. The fourth-order valence-electron chi connectivity index (χ4n) is 2.82. The van der Waals surface area contributed by atoms with E-state index in [-0.39, 0.29) is 12.0 Å². The van der Waals surface area contributed by atoms with E-state index in [1.54, 1.807) is 0 Å². The first-order chi connectivity index (χ1) is 10.0. The highest BCUT2D eigenvalue weighted by molar-refractivity contribution is 6.06. The Balaban J connectivity index is 2.06. The molecule has 1 aromatic heterocycles. The van der Waals surface area contributed by atoms with Crippen LogP contribution in [0, 0.1) is 13.8 Å². The van der Waals surface area contributed by atoms with Crippen LogP contribution < -0.4 is 0 Å². The highest BCUT2D eigenvalue weighted by Gasteiger charge is 2.24. The molecule has 0 saturated carbocycles. The van der Waals surface area contributed by atoms with Crippen molar-refractivity contribution in [3.63, 3.8) is 0 Å². The minimum absolute atomic E-state index is 0.0752. The lowest BCUT2D eigenvalue weighted by atomic mass is 10.0. The largest absolute Gasteiger partial charge is 0.375 e. The quantitative estimate of drug-likeness (QED) is 0.808. The molecule has 1 aromatic carbocycles. The van der Waals surface area contributed by atoms with Gasteiger partial charge in [0.1, 0.15) is 0 Å². The number of morpholine rings is 1. The summed E-state index contributed by atoms with van der Waals surface area (Å²) in [5.41, 5.74) is 3.63. The molecule has 1 aliphatic heterocycles. The number of rotatable bonds is 1. The van der Waals surface area contributed by atoms with Crippen molar-refractivity contribution in [3.05, 3.63) is 41.1 Å². The van der Waals surface area contributed by atoms with E-state index in [2.05, 4.69) is 4.98 Å². The zero-order valence-corrected chi connectivity index (χ0v) is 12.7. The van der Waals surface area contributed by atoms with Crippen LogP contribution in [0.3, 0.4) is 0 Å². The lowest BCUT2D eigenvalue weighted by molar-refractivity contribution is -0.0123. The average molecular weight is 284 g/mol. The first-order valence-corrected chi connectivity index (χ1v) is 7.33. The van der Waals surface area contributed by atoms with Gasteiger partial charge in [-0.25, -0.2) is 0 Å². The normalized spacial score (nSPS) is 19.0. The monoisotopic (exact) mass is 284 g/mol. The average Bonchev–Trinajstić information content (AvgIpc) is 2.46. The van der Waals surface area contributed by atoms with Crippen molar-refractivity contribution in [1.82, 2.24) is 9.88 Å². The Morgan fingerprint density at radius 1 is 1.33 bits per heavy atom. The number of nitrogens with zero attached hydrogens (tertiary/aromatic N) is 2. The molecule has 3 rings (SSSR count). The third-order valence-corrected chi connectivity index (χ3v) is 3.85. The van der Waals surface area contributed by atoms with E-state index in [4.69, 9.17) is 4.74 Å². The molecule has 0 N–H and O–H groups in total. The third-order valence-electron chi connectivity index (χ3n) is 3.85. The number of aromatic nitrogens is 1. The lowest BCUT2D eigenvalue weighted by Gasteiger charge is -2.31. The Kier molecular flexibility index (Phi) is 3.64. The molecule has 110 valence electrons. The Labute approximate surface area is 124 Å². The first kappa shape index (κ1) is 14.0. The molecular formula is C17H20N2O2. The van der Waals surface area contributed by atoms with Crippen LogP contribution in [-0.2, 0) is 4.74 Å². The van der Waals surface area contributed by atoms with E-state index in [0.29, 0.717) is 19.7 Å². The lowest BCUT2D eigenvalue weighted by Crippen LogP contribution is -2.44. The molecule has 0 aliphatic carbocycles. The number of carbonyl (C=O) groups excluding carboxylic acids is 1. The number of fused-ring (bicyclic) bond motifs is 1. The molecule has 0 radical (unpaired) electrons. The highest BCUT2D eigenvalue weighted by Crippen LogP contribution is 2.22. The van der Waals surface area contributed by atoms with Crippen molar-refractivity contribution < 1.29 is 9.53 Å². The maximum Gasteiger partial charge on any atom is 0.254 e. The van der Waals surface area contributed by atoms with Crippen LogP contribution in [0.5, 0.6) is 0 Å². The molecule has 1 unspecified atom stereocenters. The predicted octanol–water partition coefficient (Wildman–Crippen LogP) is 2.71. The van der Waals surface area contributed by atoms with Crippen molar-refractivity contribution in [2.75, 3.05) is 19.7 Å². The fourth-order valence-corrected chi connectivity index (χ4v) is 2.82. The van der Waals surface area contributed by atoms with Gasteiger partial charge >= 0.3 is 0 Å². The number of benzene rings is 1. The van der Waals surface area contributed by atoms with E-state index < -0.39 is 0 Å². The van der Waals surface area contributed by atoms with Crippen molar-refractivity contribution in [2.24, 2.45) is 0 Å². The third kappa shape index (κ3) is 2.76. The van der Waals surface area contributed by atoms with Crippen LogP contribution in [0.15, 0.2) is 24.3 Å². The van der Waals surface area contributed by atoms with Crippen LogP contribution in [0.1, 0.15) is 28.5 Å². The molecule has 1 saturated heterocycles. The molecule has 1 fully saturated rings. The Morgan fingerprint density at radius 2 is 2.14 bits per heavy atom. The van der Waals surface area contributed by atoms with Crippen LogP contribution in [0.4, 0.5) is 0 Å². The van der Waals surface area contributed by atoms with Crippen molar-refractivity contribution >= 4 is 16.8 Å². The standard InChI is InChI=1S/C17H20N2O2/c1-11-4-5-16-14(8-11)15(9-12(2)18-16)17(20)19-6-7-21-13(3)10-19/h4-5,8-9,13H,6-7,10H2,1-3H3. The summed E-state index contributed by atoms with van der Waals surface area (Å²) in [5, 5.41) is 0.935. The molecule has 0 bridgehead atoms. The van der Waals surface area contributed by atoms with E-state index in [1.165, 1.54) is 0 Å². The summed E-state index contributed by atoms with van der Waals surface area (Å²) < 4.78 is 5.52. The summed E-state index contributed by atoms with van der Waals surface area (Å²) in [4.78, 5) is 19.3. The van der Waals surface area contributed by atoms with Gasteiger partial charge in [-0.1, -0.05) is 11.6 Å². The zero-order chi connectivity index (χ0) is 15.0. The molecule has 21 heavy (non-hydrogen) atoms. The summed E-state index contributed by atoms with van der Waals surface area (Å²) in [6, 6.07) is 7.94. The topological polar surface area (TPSA) is 42.4 Å². The van der Waals surface area contributed by atoms with Gasteiger partial charge in [0.15, 0.2) is 0 Å². The predicted molar refractivity (Wildman–Crippen MR) is 82.5 cm³/mol. The minimum Gasteiger partial charge on any atom is -0.375 e. The van der Waals surface area contributed by atoms with Crippen LogP contribution in [0.25, 0.3) is 10.9 Å². The molecule has 1 aliphatic rings. The second-order valence-electron chi connectivity index (χ2n) is 5.76. The minimum atomic E-state index is 0.0752. The number of hydrogen-bond acceptors (Lipinski definition) is 3. The first-order valence-electron chi connectivity index (χ1n) is 7.33. The van der Waals surface area contributed by atoms with Gasteiger partial charge in [0.25, 0.3) is 5.91 Å².